The summed E-state index contributed by atoms with van der Waals surface area (Å²) in [5.74, 6) is -1.94. The van der Waals surface area contributed by atoms with Crippen LogP contribution in [0.2, 0.25) is 0 Å². The summed E-state index contributed by atoms with van der Waals surface area (Å²) in [6.45, 7) is 1.78. The Bertz CT molecular complexity index is 670. The highest BCUT2D eigenvalue weighted by Crippen LogP contribution is 2.24. The third-order valence-electron chi connectivity index (χ3n) is 3.08. The van der Waals surface area contributed by atoms with Crippen molar-refractivity contribution < 1.29 is 18.3 Å². The first-order valence-electron chi connectivity index (χ1n) is 6.25. The molecule has 1 aromatic carbocycles. The van der Waals surface area contributed by atoms with Gasteiger partial charge in [0.15, 0.2) is 0 Å². The number of esters is 1. The van der Waals surface area contributed by atoms with Gasteiger partial charge in [-0.3, -0.25) is 0 Å². The molecule has 1 atom stereocenters. The Balaban J connectivity index is 2.32. The summed E-state index contributed by atoms with van der Waals surface area (Å²) in [6.07, 6.45) is 3.38. The summed E-state index contributed by atoms with van der Waals surface area (Å²) < 4.78 is 33.6. The second kappa shape index (κ2) is 5.90. The molecule has 112 valence electrons. The van der Waals surface area contributed by atoms with Gasteiger partial charge in [-0.1, -0.05) is 0 Å². The Morgan fingerprint density at radius 3 is 2.67 bits per heavy atom. The largest absolute Gasteiger partial charge is 0.465 e. The van der Waals surface area contributed by atoms with E-state index in [4.69, 9.17) is 0 Å². The first kappa shape index (κ1) is 15.0. The van der Waals surface area contributed by atoms with E-state index in [1.54, 1.807) is 30.9 Å². The second-order valence-electron chi connectivity index (χ2n) is 4.57. The molecule has 0 aliphatic heterocycles. The molecule has 5 nitrogen and oxygen atoms in total. The van der Waals surface area contributed by atoms with Crippen molar-refractivity contribution >= 4 is 11.7 Å². The number of rotatable bonds is 4. The van der Waals surface area contributed by atoms with Gasteiger partial charge < -0.3 is 14.6 Å². The number of halogens is 2. The Hall–Kier alpha value is -2.44. The minimum Gasteiger partial charge on any atom is -0.465 e. The van der Waals surface area contributed by atoms with Crippen LogP contribution in [0.15, 0.2) is 24.5 Å². The molecule has 0 aliphatic carbocycles. The van der Waals surface area contributed by atoms with E-state index in [-0.39, 0.29) is 17.3 Å². The lowest BCUT2D eigenvalue weighted by molar-refractivity contribution is 0.0595. The number of carbonyl (C=O) groups is 1. The van der Waals surface area contributed by atoms with Gasteiger partial charge in [-0.15, -0.1) is 0 Å². The molecule has 0 spiro atoms. The molecule has 21 heavy (non-hydrogen) atoms. The predicted octanol–water partition coefficient (Wildman–Crippen LogP) is 2.66. The third-order valence-corrected chi connectivity index (χ3v) is 3.08. The maximum atomic E-state index is 13.8. The van der Waals surface area contributed by atoms with Crippen molar-refractivity contribution in [1.82, 2.24) is 9.55 Å². The van der Waals surface area contributed by atoms with E-state index < -0.39 is 17.6 Å². The molecule has 0 aliphatic rings. The Kier molecular flexibility index (Phi) is 4.21. The van der Waals surface area contributed by atoms with Crippen molar-refractivity contribution in [1.29, 1.82) is 0 Å². The van der Waals surface area contributed by atoms with Crippen molar-refractivity contribution in [3.05, 3.63) is 47.5 Å². The molecule has 0 radical (unpaired) electrons. The normalized spacial score (nSPS) is 12.0. The maximum Gasteiger partial charge on any atom is 0.340 e. The fourth-order valence-electron chi connectivity index (χ4n) is 2.02. The zero-order valence-electron chi connectivity index (χ0n) is 11.9. The summed E-state index contributed by atoms with van der Waals surface area (Å²) in [5.41, 5.74) is -0.319. The lowest BCUT2D eigenvalue weighted by atomic mass is 10.1. The number of nitrogens with zero attached hydrogens (tertiary/aromatic N) is 2. The van der Waals surface area contributed by atoms with Crippen LogP contribution < -0.4 is 5.32 Å². The van der Waals surface area contributed by atoms with Gasteiger partial charge in [0.25, 0.3) is 0 Å². The van der Waals surface area contributed by atoms with Crippen molar-refractivity contribution in [2.45, 2.75) is 13.0 Å². The standard InChI is InChI=1S/C14H15F2N3O2/c1-8(13-17-4-5-19(13)2)18-12-6-9(14(20)21-3)10(15)7-11(12)16/h4-8,18H,1-3H3. The van der Waals surface area contributed by atoms with Crippen molar-refractivity contribution in [2.24, 2.45) is 7.05 Å². The number of ether oxygens (including phenoxy) is 1. The molecule has 0 fully saturated rings. The maximum absolute atomic E-state index is 13.8. The smallest absolute Gasteiger partial charge is 0.340 e. The zero-order valence-corrected chi connectivity index (χ0v) is 11.9. The van der Waals surface area contributed by atoms with E-state index in [0.29, 0.717) is 11.9 Å². The molecular formula is C14H15F2N3O2. The van der Waals surface area contributed by atoms with Gasteiger partial charge in [0.2, 0.25) is 0 Å². The van der Waals surface area contributed by atoms with Crippen LogP contribution in [0.5, 0.6) is 0 Å². The zero-order chi connectivity index (χ0) is 15.6. The first-order chi connectivity index (χ1) is 9.93. The number of aryl methyl sites for hydroxylation is 1. The summed E-state index contributed by atoms with van der Waals surface area (Å²) in [4.78, 5) is 15.6. The number of nitrogens with one attached hydrogen (secondary N) is 1. The number of aromatic nitrogens is 2. The lowest BCUT2D eigenvalue weighted by Gasteiger charge is -2.16. The Morgan fingerprint density at radius 2 is 2.10 bits per heavy atom. The second-order valence-corrected chi connectivity index (χ2v) is 4.57. The van der Waals surface area contributed by atoms with Gasteiger partial charge in [0.1, 0.15) is 17.5 Å². The number of benzene rings is 1. The highest BCUT2D eigenvalue weighted by Gasteiger charge is 2.18. The third kappa shape index (κ3) is 3.01. The van der Waals surface area contributed by atoms with Crippen LogP contribution >= 0.6 is 0 Å². The number of hydrogen-bond donors (Lipinski definition) is 1. The van der Waals surface area contributed by atoms with E-state index in [2.05, 4.69) is 15.0 Å². The molecular weight excluding hydrogens is 280 g/mol. The number of anilines is 1. The van der Waals surface area contributed by atoms with E-state index in [1.165, 1.54) is 0 Å². The molecule has 1 unspecified atom stereocenters. The number of imidazole rings is 1. The number of carbonyl (C=O) groups excluding carboxylic acids is 1. The SMILES string of the molecule is COC(=O)c1cc(NC(C)c2nccn2C)c(F)cc1F. The van der Waals surface area contributed by atoms with E-state index >= 15 is 0 Å². The molecule has 2 aromatic rings. The van der Waals surface area contributed by atoms with Crippen LogP contribution in [0.25, 0.3) is 0 Å². The lowest BCUT2D eigenvalue weighted by Crippen LogP contribution is -2.14. The fourth-order valence-corrected chi connectivity index (χ4v) is 2.02. The number of hydrogen-bond acceptors (Lipinski definition) is 4. The van der Waals surface area contributed by atoms with Crippen LogP contribution in [-0.2, 0) is 11.8 Å². The minimum atomic E-state index is -0.963. The van der Waals surface area contributed by atoms with Crippen LogP contribution in [0.4, 0.5) is 14.5 Å². The highest BCUT2D eigenvalue weighted by atomic mass is 19.1. The Morgan fingerprint density at radius 1 is 1.38 bits per heavy atom. The monoisotopic (exact) mass is 295 g/mol. The summed E-state index contributed by atoms with van der Waals surface area (Å²) in [5, 5.41) is 2.87. The van der Waals surface area contributed by atoms with Crippen molar-refractivity contribution in [2.75, 3.05) is 12.4 Å². The molecule has 0 bridgehead atoms. The molecule has 0 saturated heterocycles. The molecule has 1 heterocycles. The van der Waals surface area contributed by atoms with Gasteiger partial charge in [0.05, 0.1) is 24.4 Å². The fraction of sp³-hybridized carbons (Fsp3) is 0.286. The van der Waals surface area contributed by atoms with Gasteiger partial charge in [0, 0.05) is 25.5 Å². The highest BCUT2D eigenvalue weighted by molar-refractivity contribution is 5.90. The molecule has 0 amide bonds. The number of methoxy groups -OCH3 is 1. The van der Waals surface area contributed by atoms with Crippen LogP contribution in [0, 0.1) is 11.6 Å². The van der Waals surface area contributed by atoms with Gasteiger partial charge in [-0.05, 0) is 13.0 Å². The topological polar surface area (TPSA) is 56.1 Å². The van der Waals surface area contributed by atoms with E-state index in [1.807, 2.05) is 0 Å². The molecule has 7 heteroatoms. The summed E-state index contributed by atoms with van der Waals surface area (Å²) >= 11 is 0. The molecule has 1 aromatic heterocycles. The van der Waals surface area contributed by atoms with Gasteiger partial charge in [-0.25, -0.2) is 18.6 Å². The average Bonchev–Trinajstić information content (AvgIpc) is 2.87. The van der Waals surface area contributed by atoms with Crippen LogP contribution in [-0.4, -0.2) is 22.6 Å². The molecule has 0 saturated carbocycles. The van der Waals surface area contributed by atoms with Crippen LogP contribution in [0.3, 0.4) is 0 Å². The quantitative estimate of drug-likeness (QED) is 0.881. The summed E-state index contributed by atoms with van der Waals surface area (Å²) in [7, 11) is 2.94. The molecule has 2 rings (SSSR count). The molecule has 1 N–H and O–H groups in total. The van der Waals surface area contributed by atoms with Gasteiger partial charge >= 0.3 is 5.97 Å². The van der Waals surface area contributed by atoms with Crippen molar-refractivity contribution in [3.63, 3.8) is 0 Å². The van der Waals surface area contributed by atoms with E-state index in [0.717, 1.165) is 13.2 Å². The summed E-state index contributed by atoms with van der Waals surface area (Å²) in [6, 6.07) is 1.42. The van der Waals surface area contributed by atoms with Crippen molar-refractivity contribution in [3.8, 4) is 0 Å². The average molecular weight is 295 g/mol. The predicted molar refractivity (Wildman–Crippen MR) is 72.9 cm³/mol. The van der Waals surface area contributed by atoms with Gasteiger partial charge in [-0.2, -0.15) is 0 Å². The van der Waals surface area contributed by atoms with E-state index in [9.17, 15) is 13.6 Å². The first-order valence-corrected chi connectivity index (χ1v) is 6.25. The van der Waals surface area contributed by atoms with Crippen LogP contribution in [0.1, 0.15) is 29.1 Å². The Labute approximate surface area is 120 Å². The minimum absolute atomic E-state index is 0.00676.